The van der Waals surface area contributed by atoms with Crippen LogP contribution in [0.2, 0.25) is 0 Å². The van der Waals surface area contributed by atoms with Crippen LogP contribution < -0.4 is 14.4 Å². The summed E-state index contributed by atoms with van der Waals surface area (Å²) < 4.78 is 30.9. The molecule has 1 unspecified atom stereocenters. The lowest BCUT2D eigenvalue weighted by Gasteiger charge is -2.23. The summed E-state index contributed by atoms with van der Waals surface area (Å²) in [6.45, 7) is 2.08. The van der Waals surface area contributed by atoms with Gasteiger partial charge in [0.25, 0.3) is 0 Å². The zero-order valence-electron chi connectivity index (χ0n) is 20.2. The highest BCUT2D eigenvalue weighted by Gasteiger charge is 2.33. The molecule has 1 N–H and O–H groups in total. The molecule has 0 fully saturated rings. The molecule has 1 atom stereocenters. The maximum absolute atomic E-state index is 13.7. The van der Waals surface area contributed by atoms with Crippen LogP contribution in [0.1, 0.15) is 57.1 Å². The van der Waals surface area contributed by atoms with E-state index in [1.807, 2.05) is 42.5 Å². The fraction of sp³-hybridized carbons (Fsp3) is 0.321. The lowest BCUT2D eigenvalue weighted by molar-refractivity contribution is -0.122. The summed E-state index contributed by atoms with van der Waals surface area (Å²) in [5.74, 6) is 0.653. The van der Waals surface area contributed by atoms with Gasteiger partial charge in [0.1, 0.15) is 11.5 Å². The van der Waals surface area contributed by atoms with E-state index in [0.717, 1.165) is 31.2 Å². The summed E-state index contributed by atoms with van der Waals surface area (Å²) in [7, 11) is -4.07. The zero-order chi connectivity index (χ0) is 24.8. The molecule has 0 saturated carbocycles. The van der Waals surface area contributed by atoms with Crippen LogP contribution in [0.25, 0.3) is 0 Å². The third-order valence-electron chi connectivity index (χ3n) is 5.36. The standard InChI is InChI=1S/C28H34NO5P/c1-2-3-4-5-15-22-28(30)29-27(24-16-9-6-10-17-24)23-32-35(31,33-25-18-11-7-12-19-25)34-26-20-13-8-14-21-26/h6-14,16-21,27H,2-5,15,22-23H2,1H3,(H,29,30). The van der Waals surface area contributed by atoms with Crippen molar-refractivity contribution in [2.45, 2.75) is 51.5 Å². The molecule has 0 spiro atoms. The number of amides is 1. The molecule has 0 saturated heterocycles. The van der Waals surface area contributed by atoms with Crippen molar-refractivity contribution < 1.29 is 22.9 Å². The molecule has 1 amide bonds. The molecule has 7 heteroatoms. The van der Waals surface area contributed by atoms with Gasteiger partial charge in [0.05, 0.1) is 12.6 Å². The van der Waals surface area contributed by atoms with Crippen LogP contribution >= 0.6 is 7.82 Å². The Kier molecular flexibility index (Phi) is 10.9. The van der Waals surface area contributed by atoms with Crippen molar-refractivity contribution in [3.8, 4) is 11.5 Å². The molecule has 35 heavy (non-hydrogen) atoms. The molecule has 0 radical (unpaired) electrons. The van der Waals surface area contributed by atoms with E-state index in [9.17, 15) is 9.36 Å². The Labute approximate surface area is 208 Å². The van der Waals surface area contributed by atoms with Gasteiger partial charge in [-0.3, -0.25) is 9.32 Å². The van der Waals surface area contributed by atoms with Crippen LogP contribution in [-0.4, -0.2) is 12.5 Å². The fourth-order valence-corrected chi connectivity index (χ4v) is 4.75. The van der Waals surface area contributed by atoms with Gasteiger partial charge in [-0.05, 0) is 36.2 Å². The number of para-hydroxylation sites is 2. The predicted molar refractivity (Wildman–Crippen MR) is 138 cm³/mol. The van der Waals surface area contributed by atoms with E-state index in [1.165, 1.54) is 6.42 Å². The molecule has 3 rings (SSSR count). The first-order valence-corrected chi connectivity index (χ1v) is 13.6. The number of carbonyl (C=O) groups is 1. The van der Waals surface area contributed by atoms with E-state index in [2.05, 4.69) is 12.2 Å². The van der Waals surface area contributed by atoms with Crippen LogP contribution in [0.5, 0.6) is 11.5 Å². The largest absolute Gasteiger partial charge is 0.587 e. The normalized spacial score (nSPS) is 12.0. The van der Waals surface area contributed by atoms with Gasteiger partial charge >= 0.3 is 7.82 Å². The van der Waals surface area contributed by atoms with Gasteiger partial charge in [-0.2, -0.15) is 0 Å². The Morgan fingerprint density at radius 1 is 0.771 bits per heavy atom. The highest BCUT2D eigenvalue weighted by molar-refractivity contribution is 7.49. The summed E-state index contributed by atoms with van der Waals surface area (Å²) in [6.07, 6.45) is 5.77. The number of hydrogen-bond acceptors (Lipinski definition) is 5. The minimum atomic E-state index is -4.07. The quantitative estimate of drug-likeness (QED) is 0.175. The Morgan fingerprint density at radius 3 is 1.83 bits per heavy atom. The highest BCUT2D eigenvalue weighted by Crippen LogP contribution is 2.50. The Hall–Kier alpha value is -3.08. The molecule has 0 aliphatic rings. The monoisotopic (exact) mass is 495 g/mol. The van der Waals surface area contributed by atoms with Crippen LogP contribution in [0.3, 0.4) is 0 Å². The lowest BCUT2D eigenvalue weighted by Crippen LogP contribution is -2.31. The summed E-state index contributed by atoms with van der Waals surface area (Å²) in [5, 5.41) is 3.03. The highest BCUT2D eigenvalue weighted by atomic mass is 31.2. The second-order valence-corrected chi connectivity index (χ2v) is 9.76. The zero-order valence-corrected chi connectivity index (χ0v) is 21.1. The number of phosphoric acid groups is 1. The van der Waals surface area contributed by atoms with Gasteiger partial charge in [-0.1, -0.05) is 99.3 Å². The van der Waals surface area contributed by atoms with Crippen LogP contribution in [0.15, 0.2) is 91.0 Å². The molecule has 0 aliphatic carbocycles. The Bertz CT molecular complexity index is 1000. The molecule has 0 bridgehead atoms. The Balaban J connectivity index is 1.71. The van der Waals surface area contributed by atoms with Gasteiger partial charge in [-0.25, -0.2) is 4.57 Å². The number of phosphoric ester groups is 1. The van der Waals surface area contributed by atoms with Crippen LogP contribution in [0.4, 0.5) is 0 Å². The average Bonchev–Trinajstić information content (AvgIpc) is 2.88. The molecular formula is C28H34NO5P. The number of benzene rings is 3. The van der Waals surface area contributed by atoms with Crippen LogP contribution in [0, 0.1) is 0 Å². The minimum Gasteiger partial charge on any atom is -0.395 e. The van der Waals surface area contributed by atoms with E-state index >= 15 is 0 Å². The third kappa shape index (κ3) is 9.59. The molecule has 186 valence electrons. The van der Waals surface area contributed by atoms with E-state index in [-0.39, 0.29) is 12.5 Å². The smallest absolute Gasteiger partial charge is 0.395 e. The number of nitrogens with one attached hydrogen (secondary N) is 1. The second kappa shape index (κ2) is 14.3. The fourth-order valence-electron chi connectivity index (χ4n) is 3.52. The van der Waals surface area contributed by atoms with Gasteiger partial charge < -0.3 is 14.4 Å². The topological polar surface area (TPSA) is 73.9 Å². The molecule has 0 heterocycles. The van der Waals surface area contributed by atoms with Crippen molar-refractivity contribution in [3.05, 3.63) is 96.6 Å². The number of rotatable bonds is 15. The second-order valence-electron chi connectivity index (χ2n) is 8.25. The van der Waals surface area contributed by atoms with Crippen molar-refractivity contribution in [1.29, 1.82) is 0 Å². The maximum Gasteiger partial charge on any atom is 0.587 e. The molecule has 6 nitrogen and oxygen atoms in total. The molecular weight excluding hydrogens is 461 g/mol. The van der Waals surface area contributed by atoms with Crippen molar-refractivity contribution in [2.24, 2.45) is 0 Å². The number of carbonyl (C=O) groups excluding carboxylic acids is 1. The van der Waals surface area contributed by atoms with E-state index in [1.54, 1.807) is 48.5 Å². The third-order valence-corrected chi connectivity index (χ3v) is 6.70. The first-order valence-electron chi connectivity index (χ1n) is 12.2. The van der Waals surface area contributed by atoms with Crippen molar-refractivity contribution >= 4 is 13.7 Å². The summed E-state index contributed by atoms with van der Waals surface area (Å²) in [6, 6.07) is 26.5. The molecule has 3 aromatic rings. The van der Waals surface area contributed by atoms with Crippen molar-refractivity contribution in [1.82, 2.24) is 5.32 Å². The van der Waals surface area contributed by atoms with E-state index in [0.29, 0.717) is 17.9 Å². The Morgan fingerprint density at radius 2 is 1.29 bits per heavy atom. The number of unbranched alkanes of at least 4 members (excludes halogenated alkanes) is 4. The molecule has 3 aromatic carbocycles. The first kappa shape index (κ1) is 26.5. The lowest BCUT2D eigenvalue weighted by atomic mass is 10.1. The minimum absolute atomic E-state index is 0.0678. The SMILES string of the molecule is CCCCCCCC(=O)NC(COP(=O)(Oc1ccccc1)Oc1ccccc1)c1ccccc1. The maximum atomic E-state index is 13.7. The molecule has 0 aliphatic heterocycles. The van der Waals surface area contributed by atoms with Gasteiger partial charge in [0.2, 0.25) is 5.91 Å². The van der Waals surface area contributed by atoms with Crippen molar-refractivity contribution in [2.75, 3.05) is 6.61 Å². The van der Waals surface area contributed by atoms with Gasteiger partial charge in [-0.15, -0.1) is 0 Å². The van der Waals surface area contributed by atoms with Gasteiger partial charge in [0, 0.05) is 6.42 Å². The summed E-state index contributed by atoms with van der Waals surface area (Å²) in [4.78, 5) is 12.7. The predicted octanol–water partition coefficient (Wildman–Crippen LogP) is 7.49. The molecule has 0 aromatic heterocycles. The average molecular weight is 496 g/mol. The van der Waals surface area contributed by atoms with Gasteiger partial charge in [0.15, 0.2) is 0 Å². The van der Waals surface area contributed by atoms with Crippen LogP contribution in [-0.2, 0) is 13.9 Å². The van der Waals surface area contributed by atoms with Crippen molar-refractivity contribution in [3.63, 3.8) is 0 Å². The summed E-state index contributed by atoms with van der Waals surface area (Å²) in [5.41, 5.74) is 0.845. The van der Waals surface area contributed by atoms with E-state index in [4.69, 9.17) is 13.6 Å². The summed E-state index contributed by atoms with van der Waals surface area (Å²) >= 11 is 0. The number of hydrogen-bond donors (Lipinski definition) is 1. The first-order chi connectivity index (χ1) is 17.1. The van der Waals surface area contributed by atoms with E-state index < -0.39 is 13.9 Å².